The van der Waals surface area contributed by atoms with Crippen LogP contribution in [0.3, 0.4) is 0 Å². The van der Waals surface area contributed by atoms with Crippen molar-refractivity contribution in [2.24, 2.45) is 0 Å². The second kappa shape index (κ2) is 6.21. The van der Waals surface area contributed by atoms with Crippen molar-refractivity contribution >= 4 is 23.3 Å². The van der Waals surface area contributed by atoms with Gasteiger partial charge in [-0.3, -0.25) is 14.9 Å². The minimum Gasteiger partial charge on any atom is -0.480 e. The van der Waals surface area contributed by atoms with Gasteiger partial charge in [0.15, 0.2) is 0 Å². The molecule has 1 saturated heterocycles. The van der Waals surface area contributed by atoms with E-state index in [0.717, 1.165) is 0 Å². The molecule has 0 aromatic heterocycles. The largest absolute Gasteiger partial charge is 0.480 e. The first-order chi connectivity index (χ1) is 10.0. The number of hydrogen-bond acceptors (Lipinski definition) is 5. The van der Waals surface area contributed by atoms with Crippen molar-refractivity contribution in [1.29, 1.82) is 0 Å². The van der Waals surface area contributed by atoms with Crippen LogP contribution in [0.4, 0.5) is 11.4 Å². The van der Waals surface area contributed by atoms with Gasteiger partial charge in [-0.1, -0.05) is 12.1 Å². The van der Waals surface area contributed by atoms with Crippen molar-refractivity contribution in [2.45, 2.75) is 18.9 Å². The fourth-order valence-electron chi connectivity index (χ4n) is 2.38. The zero-order chi connectivity index (χ0) is 15.4. The van der Waals surface area contributed by atoms with E-state index < -0.39 is 16.9 Å². The number of nitro groups is 1. The Kier molecular flexibility index (Phi) is 4.36. The van der Waals surface area contributed by atoms with Gasteiger partial charge < -0.3 is 15.3 Å². The first kappa shape index (κ1) is 14.8. The van der Waals surface area contributed by atoms with Crippen LogP contribution in [0.2, 0.25) is 0 Å². The number of para-hydroxylation sites is 2. The lowest BCUT2D eigenvalue weighted by molar-refractivity contribution is -0.383. The molecule has 8 heteroatoms. The maximum atomic E-state index is 12.0. The van der Waals surface area contributed by atoms with Gasteiger partial charge in [0, 0.05) is 12.6 Å². The Hall–Kier alpha value is -2.64. The van der Waals surface area contributed by atoms with E-state index in [1.54, 1.807) is 6.07 Å². The van der Waals surface area contributed by atoms with Crippen molar-refractivity contribution in [3.8, 4) is 0 Å². The van der Waals surface area contributed by atoms with Crippen LogP contribution in [-0.4, -0.2) is 45.9 Å². The predicted molar refractivity (Wildman–Crippen MR) is 74.0 cm³/mol. The Morgan fingerprint density at radius 3 is 2.81 bits per heavy atom. The van der Waals surface area contributed by atoms with Gasteiger partial charge >= 0.3 is 5.97 Å². The molecule has 0 radical (unpaired) electrons. The van der Waals surface area contributed by atoms with E-state index in [0.29, 0.717) is 19.4 Å². The molecule has 0 bridgehead atoms. The summed E-state index contributed by atoms with van der Waals surface area (Å²) in [4.78, 5) is 34.7. The summed E-state index contributed by atoms with van der Waals surface area (Å²) in [5.41, 5.74) is 0.114. The summed E-state index contributed by atoms with van der Waals surface area (Å²) in [7, 11) is 0. The van der Waals surface area contributed by atoms with Crippen LogP contribution in [0.1, 0.15) is 12.8 Å². The maximum Gasteiger partial charge on any atom is 0.326 e. The molecule has 112 valence electrons. The first-order valence-corrected chi connectivity index (χ1v) is 6.50. The summed E-state index contributed by atoms with van der Waals surface area (Å²) >= 11 is 0. The molecule has 1 aliphatic rings. The summed E-state index contributed by atoms with van der Waals surface area (Å²) in [6.07, 6.45) is 1.08. The lowest BCUT2D eigenvalue weighted by Crippen LogP contribution is -2.43. The molecule has 0 aliphatic carbocycles. The number of nitro benzene ring substituents is 1. The maximum absolute atomic E-state index is 12.0. The third kappa shape index (κ3) is 3.28. The Morgan fingerprint density at radius 2 is 2.14 bits per heavy atom. The van der Waals surface area contributed by atoms with E-state index in [4.69, 9.17) is 5.11 Å². The van der Waals surface area contributed by atoms with Crippen LogP contribution in [0.5, 0.6) is 0 Å². The smallest absolute Gasteiger partial charge is 0.326 e. The van der Waals surface area contributed by atoms with E-state index in [9.17, 15) is 19.7 Å². The highest BCUT2D eigenvalue weighted by Gasteiger charge is 2.33. The normalized spacial score (nSPS) is 17.5. The summed E-state index contributed by atoms with van der Waals surface area (Å²) in [6.45, 7) is 0.225. The monoisotopic (exact) mass is 293 g/mol. The van der Waals surface area contributed by atoms with Crippen LogP contribution < -0.4 is 5.32 Å². The first-order valence-electron chi connectivity index (χ1n) is 6.50. The molecular formula is C13H15N3O5. The molecule has 0 spiro atoms. The number of carbonyl (C=O) groups is 2. The zero-order valence-electron chi connectivity index (χ0n) is 11.2. The molecule has 21 heavy (non-hydrogen) atoms. The molecule has 1 aromatic rings. The van der Waals surface area contributed by atoms with Gasteiger partial charge in [0.1, 0.15) is 11.7 Å². The highest BCUT2D eigenvalue weighted by molar-refractivity contribution is 5.87. The number of carbonyl (C=O) groups excluding carboxylic acids is 1. The highest BCUT2D eigenvalue weighted by Crippen LogP contribution is 2.23. The Bertz CT molecular complexity index is 575. The Morgan fingerprint density at radius 1 is 1.43 bits per heavy atom. The van der Waals surface area contributed by atoms with Crippen LogP contribution in [0.15, 0.2) is 24.3 Å². The molecular weight excluding hydrogens is 278 g/mol. The molecule has 1 amide bonds. The summed E-state index contributed by atoms with van der Waals surface area (Å²) < 4.78 is 0. The number of nitrogens with zero attached hydrogens (tertiary/aromatic N) is 2. The quantitative estimate of drug-likeness (QED) is 0.620. The molecule has 1 fully saturated rings. The summed E-state index contributed by atoms with van der Waals surface area (Å²) in [5, 5.41) is 22.6. The molecule has 8 nitrogen and oxygen atoms in total. The molecule has 2 N–H and O–H groups in total. The lowest BCUT2D eigenvalue weighted by Gasteiger charge is -2.21. The average molecular weight is 293 g/mol. The number of rotatable bonds is 5. The van der Waals surface area contributed by atoms with Crippen molar-refractivity contribution in [3.63, 3.8) is 0 Å². The minimum absolute atomic E-state index is 0.124. The van der Waals surface area contributed by atoms with Crippen LogP contribution in [0, 0.1) is 10.1 Å². The van der Waals surface area contributed by atoms with E-state index in [-0.39, 0.29) is 23.8 Å². The minimum atomic E-state index is -1.02. The van der Waals surface area contributed by atoms with Gasteiger partial charge in [0.25, 0.3) is 5.69 Å². The molecule has 1 aliphatic heterocycles. The van der Waals surface area contributed by atoms with Gasteiger partial charge in [-0.2, -0.15) is 0 Å². The number of carboxylic acid groups (broad SMARTS) is 1. The van der Waals surface area contributed by atoms with Crippen LogP contribution in [0.25, 0.3) is 0 Å². The zero-order valence-corrected chi connectivity index (χ0v) is 11.2. The topological polar surface area (TPSA) is 113 Å². The summed E-state index contributed by atoms with van der Waals surface area (Å²) in [5.74, 6) is -1.40. The van der Waals surface area contributed by atoms with Gasteiger partial charge in [-0.05, 0) is 18.9 Å². The standard InChI is InChI=1S/C13H15N3O5/c17-12(15-7-3-6-11(15)13(18)19)8-14-9-4-1-2-5-10(9)16(20)21/h1-2,4-5,11,14H,3,6-8H2,(H,18,19)/t11-/m0/s1. The number of amides is 1. The van der Waals surface area contributed by atoms with Crippen LogP contribution >= 0.6 is 0 Å². The molecule has 0 saturated carbocycles. The molecule has 0 unspecified atom stereocenters. The highest BCUT2D eigenvalue weighted by atomic mass is 16.6. The number of carboxylic acids is 1. The van der Waals surface area contributed by atoms with Crippen molar-refractivity contribution in [1.82, 2.24) is 4.90 Å². The van der Waals surface area contributed by atoms with E-state index >= 15 is 0 Å². The van der Waals surface area contributed by atoms with E-state index in [1.165, 1.54) is 23.1 Å². The van der Waals surface area contributed by atoms with E-state index in [1.807, 2.05) is 0 Å². The SMILES string of the molecule is O=C(O)[C@@H]1CCCN1C(=O)CNc1ccccc1[N+](=O)[O-]. The molecule has 1 heterocycles. The van der Waals surface area contributed by atoms with Gasteiger partial charge in [-0.25, -0.2) is 4.79 Å². The second-order valence-corrected chi connectivity index (χ2v) is 4.71. The van der Waals surface area contributed by atoms with Gasteiger partial charge in [-0.15, -0.1) is 0 Å². The van der Waals surface area contributed by atoms with Gasteiger partial charge in [0.05, 0.1) is 11.5 Å². The fraction of sp³-hybridized carbons (Fsp3) is 0.385. The number of hydrogen-bond donors (Lipinski definition) is 2. The summed E-state index contributed by atoms with van der Waals surface area (Å²) in [6, 6.07) is 5.19. The Labute approximate surface area is 120 Å². The van der Waals surface area contributed by atoms with Crippen molar-refractivity contribution in [2.75, 3.05) is 18.4 Å². The molecule has 1 atom stereocenters. The number of likely N-dealkylation sites (tertiary alicyclic amines) is 1. The van der Waals surface area contributed by atoms with Gasteiger partial charge in [0.2, 0.25) is 5.91 Å². The third-order valence-corrected chi connectivity index (χ3v) is 3.39. The molecule has 2 rings (SSSR count). The number of nitrogens with one attached hydrogen (secondary N) is 1. The second-order valence-electron chi connectivity index (χ2n) is 4.71. The van der Waals surface area contributed by atoms with Crippen molar-refractivity contribution < 1.29 is 19.6 Å². The predicted octanol–water partition coefficient (Wildman–Crippen LogP) is 1.08. The Balaban J connectivity index is 2.02. The lowest BCUT2D eigenvalue weighted by atomic mass is 10.2. The molecule has 1 aromatic carbocycles. The third-order valence-electron chi connectivity index (χ3n) is 3.39. The van der Waals surface area contributed by atoms with Crippen LogP contribution in [-0.2, 0) is 9.59 Å². The van der Waals surface area contributed by atoms with Crippen molar-refractivity contribution in [3.05, 3.63) is 34.4 Å². The fourth-order valence-corrected chi connectivity index (χ4v) is 2.38. The average Bonchev–Trinajstić information content (AvgIpc) is 2.94. The number of anilines is 1. The van der Waals surface area contributed by atoms with E-state index in [2.05, 4.69) is 5.32 Å². The number of aliphatic carboxylic acids is 1. The number of benzene rings is 1.